The third-order valence-corrected chi connectivity index (χ3v) is 3.49. The number of benzene rings is 1. The summed E-state index contributed by atoms with van der Waals surface area (Å²) in [7, 11) is 0. The number of hydrogen-bond donors (Lipinski definition) is 3. The van der Waals surface area contributed by atoms with Gasteiger partial charge in [-0.05, 0) is 38.5 Å². The molecular formula is C15H18N2O5. The number of fused-ring (bicyclic) bond motifs is 1. The summed E-state index contributed by atoms with van der Waals surface area (Å²) in [6.45, 7) is 3.42. The number of carbonyl (C=O) groups is 3. The van der Waals surface area contributed by atoms with Crippen LogP contribution < -0.4 is 15.4 Å². The monoisotopic (exact) mass is 306 g/mol. The molecule has 1 aliphatic rings. The average Bonchev–Trinajstić information content (AvgIpc) is 2.45. The van der Waals surface area contributed by atoms with Crippen LogP contribution in [-0.4, -0.2) is 36.0 Å². The molecule has 7 heteroatoms. The van der Waals surface area contributed by atoms with Crippen LogP contribution in [-0.2, 0) is 9.59 Å². The van der Waals surface area contributed by atoms with Crippen LogP contribution in [0, 0.1) is 5.41 Å². The first kappa shape index (κ1) is 15.8. The molecule has 0 radical (unpaired) electrons. The molecule has 0 fully saturated rings. The van der Waals surface area contributed by atoms with E-state index in [4.69, 9.17) is 9.84 Å². The number of carboxylic acid groups (broad SMARTS) is 1. The molecule has 1 aromatic carbocycles. The summed E-state index contributed by atoms with van der Waals surface area (Å²) in [5.74, 6) is -0.990. The second-order valence-corrected chi connectivity index (χ2v) is 5.74. The first-order chi connectivity index (χ1) is 10.3. The van der Waals surface area contributed by atoms with E-state index in [9.17, 15) is 14.4 Å². The normalized spacial score (nSPS) is 13.6. The largest absolute Gasteiger partial charge is 0.482 e. The van der Waals surface area contributed by atoms with Crippen LogP contribution in [0.4, 0.5) is 5.69 Å². The van der Waals surface area contributed by atoms with E-state index >= 15 is 0 Å². The maximum atomic E-state index is 12.1. The van der Waals surface area contributed by atoms with E-state index < -0.39 is 11.4 Å². The van der Waals surface area contributed by atoms with Crippen molar-refractivity contribution in [2.75, 3.05) is 18.5 Å². The van der Waals surface area contributed by atoms with Gasteiger partial charge in [0.25, 0.3) is 11.8 Å². The predicted molar refractivity (Wildman–Crippen MR) is 78.9 cm³/mol. The third-order valence-electron chi connectivity index (χ3n) is 3.49. The molecule has 2 amide bonds. The number of anilines is 1. The fourth-order valence-corrected chi connectivity index (χ4v) is 1.92. The minimum Gasteiger partial charge on any atom is -0.482 e. The maximum absolute atomic E-state index is 12.1. The van der Waals surface area contributed by atoms with Gasteiger partial charge in [-0.25, -0.2) is 0 Å². The molecule has 0 atom stereocenters. The van der Waals surface area contributed by atoms with Gasteiger partial charge in [-0.1, -0.05) is 0 Å². The van der Waals surface area contributed by atoms with E-state index in [2.05, 4.69) is 10.6 Å². The molecule has 3 N–H and O–H groups in total. The Morgan fingerprint density at radius 2 is 2.14 bits per heavy atom. The molecule has 0 aliphatic carbocycles. The smallest absolute Gasteiger partial charge is 0.309 e. The Labute approximate surface area is 127 Å². The van der Waals surface area contributed by atoms with Crippen LogP contribution >= 0.6 is 0 Å². The van der Waals surface area contributed by atoms with Crippen molar-refractivity contribution in [2.24, 2.45) is 5.41 Å². The highest BCUT2D eigenvalue weighted by Crippen LogP contribution is 2.28. The lowest BCUT2D eigenvalue weighted by atomic mass is 9.90. The first-order valence-corrected chi connectivity index (χ1v) is 6.88. The standard InChI is InChI=1S/C15H18N2O5/c1-15(2,14(20)21)5-6-16-13(19)9-3-4-11-10(7-9)17-12(18)8-22-11/h3-4,7H,5-6,8H2,1-2H3,(H,16,19)(H,17,18)(H,20,21). The van der Waals surface area contributed by atoms with Crippen molar-refractivity contribution in [1.29, 1.82) is 0 Å². The second-order valence-electron chi connectivity index (χ2n) is 5.74. The molecule has 118 valence electrons. The summed E-state index contributed by atoms with van der Waals surface area (Å²) in [5.41, 5.74) is -0.0715. The zero-order chi connectivity index (χ0) is 16.3. The Bertz CT molecular complexity index is 624. The quantitative estimate of drug-likeness (QED) is 0.759. The number of carbonyl (C=O) groups excluding carboxylic acids is 2. The fraction of sp³-hybridized carbons (Fsp3) is 0.400. The van der Waals surface area contributed by atoms with Crippen LogP contribution in [0.5, 0.6) is 5.75 Å². The summed E-state index contributed by atoms with van der Waals surface area (Å²) in [4.78, 5) is 34.3. The molecule has 0 saturated heterocycles. The number of aliphatic carboxylic acids is 1. The van der Waals surface area contributed by atoms with Gasteiger partial charge >= 0.3 is 5.97 Å². The van der Waals surface area contributed by atoms with Gasteiger partial charge in [0.05, 0.1) is 11.1 Å². The number of hydrogen-bond acceptors (Lipinski definition) is 4. The molecule has 1 aromatic rings. The van der Waals surface area contributed by atoms with Crippen LogP contribution in [0.1, 0.15) is 30.6 Å². The number of ether oxygens (including phenoxy) is 1. The number of rotatable bonds is 5. The van der Waals surface area contributed by atoms with Gasteiger partial charge in [0.1, 0.15) is 5.75 Å². The summed E-state index contributed by atoms with van der Waals surface area (Å²) in [6.07, 6.45) is 0.318. The van der Waals surface area contributed by atoms with Gasteiger partial charge in [0.2, 0.25) is 0 Å². The first-order valence-electron chi connectivity index (χ1n) is 6.88. The molecule has 0 saturated carbocycles. The predicted octanol–water partition coefficient (Wildman–Crippen LogP) is 1.25. The van der Waals surface area contributed by atoms with Gasteiger partial charge in [0.15, 0.2) is 6.61 Å². The van der Waals surface area contributed by atoms with Crippen molar-refractivity contribution in [3.05, 3.63) is 23.8 Å². The van der Waals surface area contributed by atoms with E-state index in [0.29, 0.717) is 23.4 Å². The molecule has 0 spiro atoms. The Morgan fingerprint density at radius 1 is 1.41 bits per heavy atom. The van der Waals surface area contributed by atoms with E-state index in [0.717, 1.165) is 0 Å². The SMILES string of the molecule is CC(C)(CCNC(=O)c1ccc2c(c1)NC(=O)CO2)C(=O)O. The second kappa shape index (κ2) is 6.05. The molecular weight excluding hydrogens is 288 g/mol. The summed E-state index contributed by atoms with van der Waals surface area (Å²) in [6, 6.07) is 4.74. The molecule has 22 heavy (non-hydrogen) atoms. The van der Waals surface area contributed by atoms with Crippen molar-refractivity contribution in [2.45, 2.75) is 20.3 Å². The molecule has 0 unspecified atom stereocenters. The van der Waals surface area contributed by atoms with Crippen LogP contribution in [0.3, 0.4) is 0 Å². The molecule has 0 bridgehead atoms. The lowest BCUT2D eigenvalue weighted by Gasteiger charge is -2.20. The highest BCUT2D eigenvalue weighted by Gasteiger charge is 2.26. The fourth-order valence-electron chi connectivity index (χ4n) is 1.92. The van der Waals surface area contributed by atoms with Crippen molar-refractivity contribution in [1.82, 2.24) is 5.32 Å². The van der Waals surface area contributed by atoms with Gasteiger partial charge in [0, 0.05) is 12.1 Å². The van der Waals surface area contributed by atoms with Gasteiger partial charge in [-0.2, -0.15) is 0 Å². The Hall–Kier alpha value is -2.57. The zero-order valence-corrected chi connectivity index (χ0v) is 12.4. The van der Waals surface area contributed by atoms with Crippen LogP contribution in [0.2, 0.25) is 0 Å². The van der Waals surface area contributed by atoms with Crippen molar-refractivity contribution in [3.8, 4) is 5.75 Å². The highest BCUT2D eigenvalue weighted by atomic mass is 16.5. The van der Waals surface area contributed by atoms with Crippen molar-refractivity contribution < 1.29 is 24.2 Å². The van der Waals surface area contributed by atoms with E-state index in [-0.39, 0.29) is 25.0 Å². The molecule has 2 rings (SSSR count). The molecule has 7 nitrogen and oxygen atoms in total. The van der Waals surface area contributed by atoms with Crippen LogP contribution in [0.15, 0.2) is 18.2 Å². The van der Waals surface area contributed by atoms with Gasteiger partial charge < -0.3 is 20.5 Å². The lowest BCUT2D eigenvalue weighted by molar-refractivity contribution is -0.147. The maximum Gasteiger partial charge on any atom is 0.309 e. The number of amides is 2. The Morgan fingerprint density at radius 3 is 2.82 bits per heavy atom. The summed E-state index contributed by atoms with van der Waals surface area (Å²) < 4.78 is 5.21. The topological polar surface area (TPSA) is 105 Å². The third kappa shape index (κ3) is 3.55. The summed E-state index contributed by atoms with van der Waals surface area (Å²) in [5, 5.41) is 14.3. The number of nitrogens with one attached hydrogen (secondary N) is 2. The van der Waals surface area contributed by atoms with Crippen molar-refractivity contribution in [3.63, 3.8) is 0 Å². The average molecular weight is 306 g/mol. The highest BCUT2D eigenvalue weighted by molar-refractivity contribution is 5.99. The molecule has 1 heterocycles. The van der Waals surface area contributed by atoms with Crippen molar-refractivity contribution >= 4 is 23.5 Å². The molecule has 0 aromatic heterocycles. The van der Waals surface area contributed by atoms with Gasteiger partial charge in [-0.3, -0.25) is 14.4 Å². The van der Waals surface area contributed by atoms with Gasteiger partial charge in [-0.15, -0.1) is 0 Å². The van der Waals surface area contributed by atoms with E-state index in [1.54, 1.807) is 26.0 Å². The minimum atomic E-state index is -0.907. The Balaban J connectivity index is 1.97. The number of carboxylic acids is 1. The molecule has 1 aliphatic heterocycles. The van der Waals surface area contributed by atoms with E-state index in [1.807, 2.05) is 0 Å². The van der Waals surface area contributed by atoms with Crippen LogP contribution in [0.25, 0.3) is 0 Å². The Kier molecular flexibility index (Phi) is 4.35. The zero-order valence-electron chi connectivity index (χ0n) is 12.4. The summed E-state index contributed by atoms with van der Waals surface area (Å²) >= 11 is 0. The minimum absolute atomic E-state index is 0.0389. The lowest BCUT2D eigenvalue weighted by Crippen LogP contribution is -2.32. The van der Waals surface area contributed by atoms with E-state index in [1.165, 1.54) is 6.07 Å².